The second-order valence-corrected chi connectivity index (χ2v) is 4.66. The highest BCUT2D eigenvalue weighted by Gasteiger charge is 2.20. The van der Waals surface area contributed by atoms with Crippen LogP contribution in [0.1, 0.15) is 25.5 Å². The predicted molar refractivity (Wildman–Crippen MR) is 62.8 cm³/mol. The lowest BCUT2D eigenvalue weighted by Crippen LogP contribution is -2.15. The van der Waals surface area contributed by atoms with Crippen molar-refractivity contribution >= 4 is 23.2 Å². The Bertz CT molecular complexity index is 312. The Morgan fingerprint density at radius 2 is 2.20 bits per heavy atom. The minimum Gasteiger partial charge on any atom is -0.383 e. The first-order valence-electron chi connectivity index (χ1n) is 4.92. The summed E-state index contributed by atoms with van der Waals surface area (Å²) in [4.78, 5) is 0. The summed E-state index contributed by atoms with van der Waals surface area (Å²) in [6.45, 7) is 5.32. The van der Waals surface area contributed by atoms with E-state index in [1.54, 1.807) is 13.3 Å². The Labute approximate surface area is 100 Å². The maximum Gasteiger partial charge on any atom is 0.0821 e. The number of halogens is 2. The summed E-state index contributed by atoms with van der Waals surface area (Å²) in [5.41, 5.74) is 0.983. The zero-order chi connectivity index (χ0) is 11.4. The van der Waals surface area contributed by atoms with Crippen molar-refractivity contribution in [2.24, 2.45) is 0 Å². The molecule has 0 saturated heterocycles. The molecular formula is C10H16Cl2N2O. The summed E-state index contributed by atoms with van der Waals surface area (Å²) >= 11 is 12.1. The monoisotopic (exact) mass is 250 g/mol. The molecule has 0 aliphatic heterocycles. The highest BCUT2D eigenvalue weighted by atomic mass is 35.5. The summed E-state index contributed by atoms with van der Waals surface area (Å²) in [7, 11) is 1.67. The quantitative estimate of drug-likeness (QED) is 0.752. The molecule has 0 radical (unpaired) electrons. The number of rotatable bonds is 5. The molecule has 1 aromatic rings. The van der Waals surface area contributed by atoms with Crippen molar-refractivity contribution in [3.63, 3.8) is 0 Å². The van der Waals surface area contributed by atoms with Gasteiger partial charge in [-0.3, -0.25) is 4.68 Å². The van der Waals surface area contributed by atoms with Crippen molar-refractivity contribution in [3.05, 3.63) is 16.9 Å². The molecule has 15 heavy (non-hydrogen) atoms. The van der Waals surface area contributed by atoms with Gasteiger partial charge in [0.15, 0.2) is 0 Å². The van der Waals surface area contributed by atoms with Crippen LogP contribution >= 0.6 is 23.2 Å². The van der Waals surface area contributed by atoms with Gasteiger partial charge in [0.25, 0.3) is 0 Å². The molecule has 2 unspecified atom stereocenters. The summed E-state index contributed by atoms with van der Waals surface area (Å²) in [6.07, 6.45) is 1.66. The molecular weight excluding hydrogens is 235 g/mol. The first kappa shape index (κ1) is 12.8. The van der Waals surface area contributed by atoms with Crippen molar-refractivity contribution in [2.45, 2.75) is 31.7 Å². The van der Waals surface area contributed by atoms with Crippen LogP contribution in [-0.4, -0.2) is 28.9 Å². The second kappa shape index (κ2) is 5.73. The number of alkyl halides is 1. The van der Waals surface area contributed by atoms with Gasteiger partial charge in [0.2, 0.25) is 0 Å². The van der Waals surface area contributed by atoms with Gasteiger partial charge in [-0.25, -0.2) is 0 Å². The molecule has 1 aromatic heterocycles. The van der Waals surface area contributed by atoms with Gasteiger partial charge in [0, 0.05) is 18.4 Å². The molecule has 0 N–H and O–H groups in total. The molecule has 0 amide bonds. The lowest BCUT2D eigenvalue weighted by molar-refractivity contribution is 0.182. The average molecular weight is 251 g/mol. The topological polar surface area (TPSA) is 27.1 Å². The van der Waals surface area contributed by atoms with E-state index in [2.05, 4.69) is 5.10 Å². The maximum absolute atomic E-state index is 6.08. The lowest BCUT2D eigenvalue weighted by Gasteiger charge is -2.16. The van der Waals surface area contributed by atoms with Crippen LogP contribution in [-0.2, 0) is 11.3 Å². The Hall–Kier alpha value is -0.250. The van der Waals surface area contributed by atoms with E-state index >= 15 is 0 Å². The van der Waals surface area contributed by atoms with Crippen molar-refractivity contribution < 1.29 is 4.74 Å². The fraction of sp³-hybridized carbons (Fsp3) is 0.700. The standard InChI is InChI=1S/C10H16Cl2N2O/c1-7(8(2)11)10-9(12)6-13-14(10)4-5-15-3/h6-8H,4-5H2,1-3H3. The van der Waals surface area contributed by atoms with E-state index in [0.717, 1.165) is 5.69 Å². The average Bonchev–Trinajstić information content (AvgIpc) is 2.55. The fourth-order valence-corrected chi connectivity index (χ4v) is 1.83. The van der Waals surface area contributed by atoms with Crippen molar-refractivity contribution in [1.82, 2.24) is 9.78 Å². The lowest BCUT2D eigenvalue weighted by atomic mass is 10.0. The third-order valence-corrected chi connectivity index (χ3v) is 3.13. The van der Waals surface area contributed by atoms with Gasteiger partial charge in [0.1, 0.15) is 0 Å². The zero-order valence-electron chi connectivity index (χ0n) is 9.20. The number of aromatic nitrogens is 2. The minimum atomic E-state index is 0.0282. The highest BCUT2D eigenvalue weighted by Crippen LogP contribution is 2.28. The largest absolute Gasteiger partial charge is 0.383 e. The number of nitrogens with zero attached hydrogens (tertiary/aromatic N) is 2. The molecule has 1 rings (SSSR count). The molecule has 2 atom stereocenters. The van der Waals surface area contributed by atoms with Crippen LogP contribution in [0.3, 0.4) is 0 Å². The molecule has 1 heterocycles. The summed E-state index contributed by atoms with van der Waals surface area (Å²) in [6, 6.07) is 0. The summed E-state index contributed by atoms with van der Waals surface area (Å²) in [5, 5.41) is 4.90. The highest BCUT2D eigenvalue weighted by molar-refractivity contribution is 6.31. The van der Waals surface area contributed by atoms with Gasteiger partial charge < -0.3 is 4.74 Å². The molecule has 0 aromatic carbocycles. The molecule has 0 bridgehead atoms. The van der Waals surface area contributed by atoms with E-state index in [4.69, 9.17) is 27.9 Å². The number of hydrogen-bond donors (Lipinski definition) is 0. The van der Waals surface area contributed by atoms with Gasteiger partial charge in [-0.1, -0.05) is 18.5 Å². The third-order valence-electron chi connectivity index (χ3n) is 2.46. The molecule has 0 aliphatic carbocycles. The van der Waals surface area contributed by atoms with E-state index in [-0.39, 0.29) is 11.3 Å². The van der Waals surface area contributed by atoms with Gasteiger partial charge in [0.05, 0.1) is 30.1 Å². The van der Waals surface area contributed by atoms with Gasteiger partial charge in [-0.15, -0.1) is 11.6 Å². The Morgan fingerprint density at radius 1 is 1.53 bits per heavy atom. The van der Waals surface area contributed by atoms with Crippen LogP contribution in [0.5, 0.6) is 0 Å². The number of ether oxygens (including phenoxy) is 1. The fourth-order valence-electron chi connectivity index (χ4n) is 1.40. The zero-order valence-corrected chi connectivity index (χ0v) is 10.7. The van der Waals surface area contributed by atoms with Crippen molar-refractivity contribution in [2.75, 3.05) is 13.7 Å². The molecule has 86 valence electrons. The van der Waals surface area contributed by atoms with Gasteiger partial charge in [-0.2, -0.15) is 5.10 Å². The first-order valence-corrected chi connectivity index (χ1v) is 5.73. The van der Waals surface area contributed by atoms with Crippen LogP contribution < -0.4 is 0 Å². The van der Waals surface area contributed by atoms with Crippen molar-refractivity contribution in [1.29, 1.82) is 0 Å². The van der Waals surface area contributed by atoms with Crippen LogP contribution in [0.2, 0.25) is 5.02 Å². The van der Waals surface area contributed by atoms with E-state index in [0.29, 0.717) is 18.2 Å². The number of methoxy groups -OCH3 is 1. The smallest absolute Gasteiger partial charge is 0.0821 e. The normalized spacial score (nSPS) is 15.3. The number of hydrogen-bond acceptors (Lipinski definition) is 2. The summed E-state index contributed by atoms with van der Waals surface area (Å²) < 4.78 is 6.87. The minimum absolute atomic E-state index is 0.0282. The van der Waals surface area contributed by atoms with Crippen LogP contribution in [0.15, 0.2) is 6.20 Å². The van der Waals surface area contributed by atoms with Crippen LogP contribution in [0.4, 0.5) is 0 Å². The van der Waals surface area contributed by atoms with Crippen LogP contribution in [0, 0.1) is 0 Å². The Kier molecular flexibility index (Phi) is 4.90. The SMILES string of the molecule is COCCn1ncc(Cl)c1C(C)C(C)Cl. The van der Waals surface area contributed by atoms with E-state index in [1.807, 2.05) is 18.5 Å². The maximum atomic E-state index is 6.08. The summed E-state index contributed by atoms with van der Waals surface area (Å²) in [5.74, 6) is 0.179. The first-order chi connectivity index (χ1) is 7.07. The van der Waals surface area contributed by atoms with Crippen LogP contribution in [0.25, 0.3) is 0 Å². The molecule has 0 saturated carbocycles. The van der Waals surface area contributed by atoms with E-state index in [1.165, 1.54) is 0 Å². The molecule has 0 fully saturated rings. The van der Waals surface area contributed by atoms with E-state index < -0.39 is 0 Å². The Balaban J connectivity index is 2.88. The van der Waals surface area contributed by atoms with E-state index in [9.17, 15) is 0 Å². The molecule has 0 spiro atoms. The third kappa shape index (κ3) is 3.10. The second-order valence-electron chi connectivity index (χ2n) is 3.56. The van der Waals surface area contributed by atoms with Gasteiger partial charge in [-0.05, 0) is 6.92 Å². The molecule has 3 nitrogen and oxygen atoms in total. The van der Waals surface area contributed by atoms with Crippen molar-refractivity contribution in [3.8, 4) is 0 Å². The Morgan fingerprint density at radius 3 is 2.73 bits per heavy atom. The predicted octanol–water partition coefficient (Wildman–Crippen LogP) is 2.91. The van der Waals surface area contributed by atoms with Gasteiger partial charge >= 0.3 is 0 Å². The molecule has 5 heteroatoms. The molecule has 0 aliphatic rings.